The summed E-state index contributed by atoms with van der Waals surface area (Å²) in [7, 11) is 0. The summed E-state index contributed by atoms with van der Waals surface area (Å²) in [6, 6.07) is 8.90. The Morgan fingerprint density at radius 2 is 1.79 bits per heavy atom. The van der Waals surface area contributed by atoms with Crippen molar-refractivity contribution in [3.63, 3.8) is 0 Å². The van der Waals surface area contributed by atoms with Crippen molar-refractivity contribution < 1.29 is 0 Å². The van der Waals surface area contributed by atoms with Gasteiger partial charge in [-0.2, -0.15) is 0 Å². The average molecular weight is 188 g/mol. The molecular weight excluding hydrogens is 168 g/mol. The molecule has 0 bridgehead atoms. The van der Waals surface area contributed by atoms with E-state index in [1.807, 2.05) is 0 Å². The van der Waals surface area contributed by atoms with Gasteiger partial charge >= 0.3 is 0 Å². The molecule has 0 saturated heterocycles. The third-order valence-electron chi connectivity index (χ3n) is 3.70. The van der Waals surface area contributed by atoms with Gasteiger partial charge < -0.3 is 0 Å². The van der Waals surface area contributed by atoms with E-state index in [9.17, 15) is 0 Å². The molecule has 1 fully saturated rings. The fraction of sp³-hybridized carbons (Fsp3) is 0.571. The topological polar surface area (TPSA) is 0 Å². The first-order valence-corrected chi connectivity index (χ1v) is 5.84. The van der Waals surface area contributed by atoms with Crippen LogP contribution in [-0.4, -0.2) is 0 Å². The first kappa shape index (κ1) is 9.76. The lowest BCUT2D eigenvalue weighted by Crippen LogP contribution is -2.15. The zero-order chi connectivity index (χ0) is 9.97. The molecule has 1 aliphatic carbocycles. The van der Waals surface area contributed by atoms with Crippen LogP contribution in [0.25, 0.3) is 0 Å². The Kier molecular flexibility index (Phi) is 2.90. The zero-order valence-corrected chi connectivity index (χ0v) is 9.29. The van der Waals surface area contributed by atoms with Crippen LogP contribution in [0.4, 0.5) is 0 Å². The Labute approximate surface area is 87.3 Å². The van der Waals surface area contributed by atoms with Gasteiger partial charge in [0.05, 0.1) is 0 Å². The fourth-order valence-electron chi connectivity index (χ4n) is 2.78. The third-order valence-corrected chi connectivity index (χ3v) is 3.70. The Balaban J connectivity index is 2.25. The van der Waals surface area contributed by atoms with E-state index >= 15 is 0 Å². The molecule has 0 aliphatic heterocycles. The molecule has 0 heterocycles. The Morgan fingerprint density at radius 3 is 2.50 bits per heavy atom. The van der Waals surface area contributed by atoms with Crippen molar-refractivity contribution in [3.05, 3.63) is 35.4 Å². The van der Waals surface area contributed by atoms with E-state index in [0.29, 0.717) is 0 Å². The van der Waals surface area contributed by atoms with Crippen molar-refractivity contribution in [3.8, 4) is 0 Å². The molecule has 0 N–H and O–H groups in total. The van der Waals surface area contributed by atoms with E-state index in [1.54, 1.807) is 5.56 Å². The number of hydrogen-bond acceptors (Lipinski definition) is 0. The van der Waals surface area contributed by atoms with Crippen LogP contribution in [-0.2, 0) is 0 Å². The van der Waals surface area contributed by atoms with Gasteiger partial charge in [-0.15, -0.1) is 0 Å². The van der Waals surface area contributed by atoms with E-state index in [4.69, 9.17) is 0 Å². The second-order valence-corrected chi connectivity index (χ2v) is 4.72. The van der Waals surface area contributed by atoms with Gasteiger partial charge in [0.25, 0.3) is 0 Å². The van der Waals surface area contributed by atoms with E-state index in [1.165, 1.54) is 31.2 Å². The van der Waals surface area contributed by atoms with Crippen molar-refractivity contribution in [2.24, 2.45) is 5.92 Å². The van der Waals surface area contributed by atoms with Crippen LogP contribution in [0.2, 0.25) is 0 Å². The molecule has 0 nitrogen and oxygen atoms in total. The summed E-state index contributed by atoms with van der Waals surface area (Å²) in [4.78, 5) is 0. The molecule has 1 aromatic rings. The van der Waals surface area contributed by atoms with Crippen LogP contribution < -0.4 is 0 Å². The van der Waals surface area contributed by atoms with Gasteiger partial charge in [-0.25, -0.2) is 0 Å². The minimum absolute atomic E-state index is 0.824. The maximum absolute atomic E-state index is 2.41. The molecule has 0 radical (unpaired) electrons. The molecule has 76 valence electrons. The third kappa shape index (κ3) is 1.84. The Morgan fingerprint density at radius 1 is 1.07 bits per heavy atom. The normalized spacial score (nSPS) is 27.6. The predicted octanol–water partition coefficient (Wildman–Crippen LogP) is 4.29. The largest absolute Gasteiger partial charge is 0.0620 e. The number of aryl methyl sites for hydroxylation is 1. The molecule has 0 heteroatoms. The quantitative estimate of drug-likeness (QED) is 0.616. The van der Waals surface area contributed by atoms with Crippen molar-refractivity contribution in [2.75, 3.05) is 0 Å². The highest BCUT2D eigenvalue weighted by Gasteiger charge is 2.23. The van der Waals surface area contributed by atoms with Gasteiger partial charge in [-0.05, 0) is 36.3 Å². The molecule has 14 heavy (non-hydrogen) atoms. The van der Waals surface area contributed by atoms with Crippen LogP contribution in [0.15, 0.2) is 24.3 Å². The molecule has 0 aromatic heterocycles. The molecular formula is C14H20. The zero-order valence-electron chi connectivity index (χ0n) is 9.29. The van der Waals surface area contributed by atoms with Crippen LogP contribution in [0, 0.1) is 12.8 Å². The molecule has 1 saturated carbocycles. The second-order valence-electron chi connectivity index (χ2n) is 4.72. The van der Waals surface area contributed by atoms with Gasteiger partial charge in [0.1, 0.15) is 0 Å². The maximum Gasteiger partial charge on any atom is -0.0134 e. The molecule has 1 aromatic carbocycles. The monoisotopic (exact) mass is 188 g/mol. The van der Waals surface area contributed by atoms with Crippen LogP contribution in [0.5, 0.6) is 0 Å². The smallest absolute Gasteiger partial charge is 0.0134 e. The highest BCUT2D eigenvalue weighted by Crippen LogP contribution is 2.38. The minimum Gasteiger partial charge on any atom is -0.0620 e. The lowest BCUT2D eigenvalue weighted by molar-refractivity contribution is 0.330. The minimum atomic E-state index is 0.824. The summed E-state index contributed by atoms with van der Waals surface area (Å²) in [5.74, 6) is 1.70. The van der Waals surface area contributed by atoms with Crippen LogP contribution >= 0.6 is 0 Å². The number of benzene rings is 1. The van der Waals surface area contributed by atoms with E-state index in [-0.39, 0.29) is 0 Å². The van der Waals surface area contributed by atoms with E-state index in [2.05, 4.69) is 38.1 Å². The standard InChI is InChI=1S/C14H20/c1-11-7-3-5-9-13(11)14-10-6-4-8-12(14)2/h3,5,7,9,12,14H,4,6,8,10H2,1-2H3/t12-,14+/m1/s1. The van der Waals surface area contributed by atoms with Gasteiger partial charge in [-0.1, -0.05) is 50.5 Å². The molecule has 0 spiro atoms. The summed E-state index contributed by atoms with van der Waals surface area (Å²) in [5, 5.41) is 0. The molecule has 2 atom stereocenters. The molecule has 1 aliphatic rings. The molecule has 0 amide bonds. The molecule has 2 rings (SSSR count). The van der Waals surface area contributed by atoms with Crippen molar-refractivity contribution >= 4 is 0 Å². The van der Waals surface area contributed by atoms with Gasteiger partial charge in [0.15, 0.2) is 0 Å². The highest BCUT2D eigenvalue weighted by molar-refractivity contribution is 5.29. The van der Waals surface area contributed by atoms with E-state index < -0.39 is 0 Å². The fourth-order valence-corrected chi connectivity index (χ4v) is 2.78. The highest BCUT2D eigenvalue weighted by atomic mass is 14.3. The summed E-state index contributed by atoms with van der Waals surface area (Å²) in [6.07, 6.45) is 5.66. The lowest BCUT2D eigenvalue weighted by atomic mass is 9.75. The van der Waals surface area contributed by atoms with Gasteiger partial charge in [0, 0.05) is 0 Å². The maximum atomic E-state index is 2.41. The number of hydrogen-bond donors (Lipinski definition) is 0. The van der Waals surface area contributed by atoms with Crippen molar-refractivity contribution in [2.45, 2.75) is 45.4 Å². The van der Waals surface area contributed by atoms with Crippen molar-refractivity contribution in [1.29, 1.82) is 0 Å². The summed E-state index contributed by atoms with van der Waals surface area (Å²) >= 11 is 0. The van der Waals surface area contributed by atoms with Crippen molar-refractivity contribution in [1.82, 2.24) is 0 Å². The first-order valence-electron chi connectivity index (χ1n) is 5.84. The lowest BCUT2D eigenvalue weighted by Gasteiger charge is -2.30. The predicted molar refractivity (Wildman–Crippen MR) is 61.6 cm³/mol. The summed E-state index contributed by atoms with van der Waals surface area (Å²) < 4.78 is 0. The van der Waals surface area contributed by atoms with Gasteiger partial charge in [0.2, 0.25) is 0 Å². The van der Waals surface area contributed by atoms with Crippen LogP contribution in [0.3, 0.4) is 0 Å². The molecule has 0 unspecified atom stereocenters. The average Bonchev–Trinajstić information content (AvgIpc) is 2.20. The van der Waals surface area contributed by atoms with E-state index in [0.717, 1.165) is 11.8 Å². The Hall–Kier alpha value is -0.780. The Bertz CT molecular complexity index is 301. The number of rotatable bonds is 1. The first-order chi connectivity index (χ1) is 6.79. The second kappa shape index (κ2) is 4.16. The summed E-state index contributed by atoms with van der Waals surface area (Å²) in [6.45, 7) is 4.66. The SMILES string of the molecule is Cc1ccccc1[C@H]1CCCC[C@H]1C. The summed E-state index contributed by atoms with van der Waals surface area (Å²) in [5.41, 5.74) is 3.07. The van der Waals surface area contributed by atoms with Crippen LogP contribution in [0.1, 0.15) is 49.7 Å². The van der Waals surface area contributed by atoms with Gasteiger partial charge in [-0.3, -0.25) is 0 Å².